The first kappa shape index (κ1) is 27.7. The van der Waals surface area contributed by atoms with Crippen LogP contribution in [0.15, 0.2) is 59.9 Å². The first-order valence-electron chi connectivity index (χ1n) is 14.3. The highest BCUT2D eigenvalue weighted by molar-refractivity contribution is 7.98. The van der Waals surface area contributed by atoms with Crippen LogP contribution in [0.4, 0.5) is 11.4 Å². The van der Waals surface area contributed by atoms with E-state index in [1.807, 2.05) is 36.4 Å². The lowest BCUT2D eigenvalue weighted by Crippen LogP contribution is -2.40. The van der Waals surface area contributed by atoms with E-state index in [9.17, 15) is 4.79 Å². The molecule has 2 heterocycles. The number of amides is 1. The van der Waals surface area contributed by atoms with E-state index in [-0.39, 0.29) is 12.0 Å². The van der Waals surface area contributed by atoms with Gasteiger partial charge in [0, 0.05) is 59.8 Å². The number of ether oxygens (including phenoxy) is 2. The number of hydrogen-bond donors (Lipinski definition) is 3. The van der Waals surface area contributed by atoms with Crippen molar-refractivity contribution in [3.8, 4) is 0 Å². The maximum absolute atomic E-state index is 12.6. The van der Waals surface area contributed by atoms with Crippen LogP contribution in [0.5, 0.6) is 0 Å². The summed E-state index contributed by atoms with van der Waals surface area (Å²) in [6.07, 6.45) is 6.35. The van der Waals surface area contributed by atoms with Crippen molar-refractivity contribution in [2.75, 3.05) is 36.3 Å². The van der Waals surface area contributed by atoms with Crippen LogP contribution in [-0.2, 0) is 9.47 Å². The average molecular weight is 584 g/mol. The van der Waals surface area contributed by atoms with Crippen molar-refractivity contribution < 1.29 is 14.3 Å². The Morgan fingerprint density at radius 2 is 1.85 bits per heavy atom. The summed E-state index contributed by atoms with van der Waals surface area (Å²) < 4.78 is 14.9. The van der Waals surface area contributed by atoms with Gasteiger partial charge in [0.15, 0.2) is 0 Å². The van der Waals surface area contributed by atoms with Gasteiger partial charge in [-0.25, -0.2) is 5.84 Å². The summed E-state index contributed by atoms with van der Waals surface area (Å²) in [5.41, 5.74) is 10.7. The number of allylic oxidation sites excluding steroid dienone is 1. The molecule has 2 saturated heterocycles. The standard InChI is InChI=1S/C30H38ClN5O3S/c31-25-3-1-2-4-26(25)36(33)27(29(32)19-5-6-19)18-39-28-16-23-15-21(28)17-35(23)22-9-7-20(8-10-22)30(37)34-40-24-11-13-38-14-12-24/h1-4,7-10,19,21,23-24,28H,5-6,11-18,32-33H2,(H,34,37)/b29-27-. The van der Waals surface area contributed by atoms with Crippen molar-refractivity contribution in [2.24, 2.45) is 23.4 Å². The number of anilines is 2. The maximum Gasteiger partial charge on any atom is 0.261 e. The van der Waals surface area contributed by atoms with Crippen molar-refractivity contribution in [3.63, 3.8) is 0 Å². The fraction of sp³-hybridized carbons (Fsp3) is 0.500. The third kappa shape index (κ3) is 6.09. The zero-order chi connectivity index (χ0) is 27.6. The van der Waals surface area contributed by atoms with Gasteiger partial charge in [0.1, 0.15) is 0 Å². The van der Waals surface area contributed by atoms with Gasteiger partial charge in [-0.2, -0.15) is 0 Å². The third-order valence-corrected chi connectivity index (χ3v) is 10.0. The van der Waals surface area contributed by atoms with E-state index in [0.29, 0.717) is 40.3 Å². The molecular weight excluding hydrogens is 546 g/mol. The van der Waals surface area contributed by atoms with Crippen LogP contribution in [0.2, 0.25) is 5.02 Å². The predicted molar refractivity (Wildman–Crippen MR) is 161 cm³/mol. The molecule has 0 aromatic heterocycles. The molecule has 0 spiro atoms. The Balaban J connectivity index is 1.04. The number of hydrogen-bond acceptors (Lipinski definition) is 8. The molecule has 10 heteroatoms. The number of fused-ring (bicyclic) bond motifs is 2. The topological polar surface area (TPSA) is 106 Å². The van der Waals surface area contributed by atoms with Gasteiger partial charge in [-0.1, -0.05) is 23.7 Å². The fourth-order valence-electron chi connectivity index (χ4n) is 6.12. The Morgan fingerprint density at radius 1 is 1.10 bits per heavy atom. The summed E-state index contributed by atoms with van der Waals surface area (Å²) in [5, 5.41) is 2.62. The fourth-order valence-corrected chi connectivity index (χ4v) is 7.17. The van der Waals surface area contributed by atoms with Gasteiger partial charge in [-0.15, -0.1) is 0 Å². The van der Waals surface area contributed by atoms with E-state index in [2.05, 4.69) is 21.8 Å². The third-order valence-electron chi connectivity index (χ3n) is 8.61. The van der Waals surface area contributed by atoms with Crippen LogP contribution >= 0.6 is 23.5 Å². The van der Waals surface area contributed by atoms with Crippen LogP contribution in [0.3, 0.4) is 0 Å². The van der Waals surface area contributed by atoms with Crippen LogP contribution in [0.1, 0.15) is 48.9 Å². The molecule has 2 bridgehead atoms. The number of nitrogens with one attached hydrogen (secondary N) is 1. The Labute approximate surface area is 245 Å². The summed E-state index contributed by atoms with van der Waals surface area (Å²) in [6, 6.07) is 16.0. The highest BCUT2D eigenvalue weighted by Gasteiger charge is 2.45. The summed E-state index contributed by atoms with van der Waals surface area (Å²) >= 11 is 7.95. The smallest absolute Gasteiger partial charge is 0.261 e. The molecule has 40 heavy (non-hydrogen) atoms. The Kier molecular flexibility index (Phi) is 8.46. The zero-order valence-corrected chi connectivity index (χ0v) is 24.2. The van der Waals surface area contributed by atoms with Gasteiger partial charge < -0.3 is 20.1 Å². The molecule has 3 atom stereocenters. The number of halogens is 1. The first-order chi connectivity index (χ1) is 19.5. The molecule has 4 fully saturated rings. The molecule has 2 aromatic carbocycles. The quantitative estimate of drug-likeness (QED) is 0.207. The molecule has 5 N–H and O–H groups in total. The molecule has 8 nitrogen and oxygen atoms in total. The van der Waals surface area contributed by atoms with Gasteiger partial charge >= 0.3 is 0 Å². The van der Waals surface area contributed by atoms with Crippen molar-refractivity contribution in [3.05, 3.63) is 70.5 Å². The van der Waals surface area contributed by atoms with Crippen molar-refractivity contribution in [2.45, 2.75) is 55.9 Å². The van der Waals surface area contributed by atoms with E-state index >= 15 is 0 Å². The SMILES string of the molecule is N/C(=C(/COC1CC2CC1CN2c1ccc(C(=O)NSC2CCOCC2)cc1)N(N)c1ccccc1Cl)C1CC1. The second kappa shape index (κ2) is 12.2. The molecule has 2 aromatic rings. The van der Waals surface area contributed by atoms with Crippen LogP contribution in [0, 0.1) is 11.8 Å². The van der Waals surface area contributed by atoms with Gasteiger partial charge in [-0.3, -0.25) is 14.5 Å². The Hall–Kier alpha value is -2.43. The molecule has 2 saturated carbocycles. The van der Waals surface area contributed by atoms with E-state index in [1.165, 1.54) is 11.9 Å². The van der Waals surface area contributed by atoms with Crippen molar-refractivity contribution in [1.82, 2.24) is 4.72 Å². The largest absolute Gasteiger partial charge is 0.400 e. The molecule has 6 rings (SSSR count). The summed E-state index contributed by atoms with van der Waals surface area (Å²) in [5.74, 6) is 7.31. The molecule has 2 aliphatic carbocycles. The number of carbonyl (C=O) groups excluding carboxylic acids is 1. The molecule has 1 amide bonds. The molecule has 2 aliphatic heterocycles. The number of para-hydroxylation sites is 1. The average Bonchev–Trinajstić information content (AvgIpc) is 3.66. The van der Waals surface area contributed by atoms with Crippen LogP contribution in [-0.4, -0.2) is 49.7 Å². The Morgan fingerprint density at radius 3 is 2.52 bits per heavy atom. The molecule has 0 radical (unpaired) electrons. The van der Waals surface area contributed by atoms with E-state index in [0.717, 1.165) is 81.1 Å². The van der Waals surface area contributed by atoms with Crippen molar-refractivity contribution >= 4 is 40.8 Å². The maximum atomic E-state index is 12.6. The van der Waals surface area contributed by atoms with E-state index in [1.54, 1.807) is 5.01 Å². The second-order valence-electron chi connectivity index (χ2n) is 11.3. The monoisotopic (exact) mass is 583 g/mol. The van der Waals surface area contributed by atoms with Gasteiger partial charge in [0.05, 0.1) is 29.1 Å². The lowest BCUT2D eigenvalue weighted by Gasteiger charge is -2.34. The Bertz CT molecular complexity index is 1230. The van der Waals surface area contributed by atoms with E-state index in [4.69, 9.17) is 32.7 Å². The summed E-state index contributed by atoms with van der Waals surface area (Å²) in [7, 11) is 0. The number of piperidine rings is 1. The highest BCUT2D eigenvalue weighted by Crippen LogP contribution is 2.43. The number of nitrogens with two attached hydrogens (primary N) is 2. The minimum atomic E-state index is -0.0421. The normalized spacial score (nSPS) is 25.1. The summed E-state index contributed by atoms with van der Waals surface area (Å²) in [6.45, 7) is 2.85. The minimum absolute atomic E-state index is 0.0421. The number of carbonyl (C=O) groups is 1. The predicted octanol–water partition coefficient (Wildman–Crippen LogP) is 4.84. The number of benzene rings is 2. The minimum Gasteiger partial charge on any atom is -0.400 e. The number of nitrogens with zero attached hydrogens (tertiary/aromatic N) is 2. The molecule has 214 valence electrons. The van der Waals surface area contributed by atoms with Crippen LogP contribution < -0.4 is 26.2 Å². The van der Waals surface area contributed by atoms with Gasteiger partial charge in [-0.05, 0) is 86.9 Å². The lowest BCUT2D eigenvalue weighted by molar-refractivity contribution is 0.0372. The van der Waals surface area contributed by atoms with Crippen LogP contribution in [0.25, 0.3) is 0 Å². The lowest BCUT2D eigenvalue weighted by atomic mass is 10.0. The molecular formula is C30H38ClN5O3S. The van der Waals surface area contributed by atoms with E-state index < -0.39 is 0 Å². The molecule has 4 aliphatic rings. The first-order valence-corrected chi connectivity index (χ1v) is 15.5. The highest BCUT2D eigenvalue weighted by atomic mass is 35.5. The van der Waals surface area contributed by atoms with Gasteiger partial charge in [0.2, 0.25) is 0 Å². The van der Waals surface area contributed by atoms with Gasteiger partial charge in [0.25, 0.3) is 5.91 Å². The zero-order valence-electron chi connectivity index (χ0n) is 22.6. The number of rotatable bonds is 10. The number of hydrazine groups is 1. The second-order valence-corrected chi connectivity index (χ2v) is 12.8. The molecule has 3 unspecified atom stereocenters. The summed E-state index contributed by atoms with van der Waals surface area (Å²) in [4.78, 5) is 15.1. The van der Waals surface area contributed by atoms with Crippen molar-refractivity contribution in [1.29, 1.82) is 0 Å².